The second-order valence-electron chi connectivity index (χ2n) is 28.4. The van der Waals surface area contributed by atoms with E-state index in [-0.39, 0.29) is 28.4 Å². The number of aromatic nitrogens is 2. The average Bonchev–Trinajstić information content (AvgIpc) is 1.86. The number of hydrogen-bond acceptors (Lipinski definition) is 2. The van der Waals surface area contributed by atoms with Crippen molar-refractivity contribution in [2.45, 2.75) is 146 Å². The first kappa shape index (κ1) is 52.6. The molecule has 2 aliphatic rings. The molecular weight excluding hydrogens is 980 g/mol. The molecule has 0 amide bonds. The van der Waals surface area contributed by atoms with Crippen molar-refractivity contribution < 1.29 is 0 Å². The fourth-order valence-electron chi connectivity index (χ4n) is 14.2. The highest BCUT2D eigenvalue weighted by Gasteiger charge is 2.44. The Morgan fingerprint density at radius 3 is 0.889 bits per heavy atom. The van der Waals surface area contributed by atoms with Crippen LogP contribution in [-0.2, 0) is 21.7 Å². The van der Waals surface area contributed by atoms with E-state index in [0.29, 0.717) is 0 Å². The molecular formula is C76H79BN4. The molecule has 2 aliphatic heterocycles. The minimum atomic E-state index is -0.0578. The second kappa shape index (κ2) is 17.9. The predicted molar refractivity (Wildman–Crippen MR) is 352 cm³/mol. The highest BCUT2D eigenvalue weighted by atomic mass is 15.2. The molecule has 0 fully saturated rings. The standard InChI is InChI=1S/C76H79BN4/c1-44-34-46(3)71(47(4)35-44)80-66-20-19-21-67-70(66)77(60-28-26-54(42-68(60)80)78-62-30-22-50(73(7,8)9)38-56(62)57-39-51(74(10,11)12)23-31-63(57)78)61-29-27-55(43-69(61)81(67)72-48(5)36-45(2)37-49(72)6)79-64-32-24-52(75(13,14)15)40-58(64)59-41-53(76(16,17)18)25-33-65(59)79/h19-43H,1-18H3. The molecule has 0 N–H and O–H groups in total. The van der Waals surface area contributed by atoms with E-state index in [0.717, 1.165) is 11.4 Å². The van der Waals surface area contributed by atoms with Gasteiger partial charge in [0.1, 0.15) is 0 Å². The molecule has 0 bridgehead atoms. The van der Waals surface area contributed by atoms with E-state index in [4.69, 9.17) is 0 Å². The Morgan fingerprint density at radius 2 is 0.605 bits per heavy atom. The van der Waals surface area contributed by atoms with Gasteiger partial charge in [-0.3, -0.25) is 0 Å². The predicted octanol–water partition coefficient (Wildman–Crippen LogP) is 19.0. The summed E-state index contributed by atoms with van der Waals surface area (Å²) in [6.07, 6.45) is 0. The first-order valence-corrected chi connectivity index (χ1v) is 29.5. The van der Waals surface area contributed by atoms with E-state index in [1.807, 2.05) is 0 Å². The molecule has 11 aromatic rings. The van der Waals surface area contributed by atoms with Gasteiger partial charge >= 0.3 is 0 Å². The van der Waals surface area contributed by atoms with Crippen LogP contribution in [0, 0.1) is 41.5 Å². The molecule has 4 heterocycles. The number of fused-ring (bicyclic) bond motifs is 10. The van der Waals surface area contributed by atoms with E-state index >= 15 is 0 Å². The molecule has 0 saturated carbocycles. The Morgan fingerprint density at radius 1 is 0.309 bits per heavy atom. The highest BCUT2D eigenvalue weighted by molar-refractivity contribution is 7.00. The van der Waals surface area contributed by atoms with Gasteiger partial charge in [0.15, 0.2) is 0 Å². The third kappa shape index (κ3) is 8.22. The Labute approximate surface area is 482 Å². The first-order chi connectivity index (χ1) is 38.2. The minimum absolute atomic E-state index is 0.00577. The van der Waals surface area contributed by atoms with Gasteiger partial charge in [0.25, 0.3) is 6.71 Å². The van der Waals surface area contributed by atoms with Crippen molar-refractivity contribution >= 4 is 101 Å². The van der Waals surface area contributed by atoms with Crippen molar-refractivity contribution in [3.05, 3.63) is 207 Å². The van der Waals surface area contributed by atoms with Crippen molar-refractivity contribution in [2.24, 2.45) is 0 Å². The first-order valence-electron chi connectivity index (χ1n) is 29.5. The Hall–Kier alpha value is -7.76. The summed E-state index contributed by atoms with van der Waals surface area (Å²) >= 11 is 0. The van der Waals surface area contributed by atoms with Gasteiger partial charge in [-0.05, 0) is 209 Å². The zero-order valence-electron chi connectivity index (χ0n) is 51.3. The summed E-state index contributed by atoms with van der Waals surface area (Å²) in [5, 5.41) is 5.18. The van der Waals surface area contributed by atoms with Gasteiger partial charge in [-0.2, -0.15) is 0 Å². The number of anilines is 6. The Kier molecular flexibility index (Phi) is 11.6. The van der Waals surface area contributed by atoms with Crippen molar-refractivity contribution in [1.82, 2.24) is 9.13 Å². The van der Waals surface area contributed by atoms with E-state index in [2.05, 4.69) is 295 Å². The summed E-state index contributed by atoms with van der Waals surface area (Å²) in [5.41, 5.74) is 31.5. The molecule has 406 valence electrons. The van der Waals surface area contributed by atoms with Crippen LogP contribution >= 0.6 is 0 Å². The maximum atomic E-state index is 2.63. The summed E-state index contributed by atoms with van der Waals surface area (Å²) < 4.78 is 5.07. The van der Waals surface area contributed by atoms with Crippen molar-refractivity contribution in [1.29, 1.82) is 0 Å². The van der Waals surface area contributed by atoms with E-state index in [1.54, 1.807) is 0 Å². The third-order valence-corrected chi connectivity index (χ3v) is 18.2. The van der Waals surface area contributed by atoms with Crippen LogP contribution in [0.15, 0.2) is 152 Å². The fraction of sp³-hybridized carbons (Fsp3) is 0.289. The van der Waals surface area contributed by atoms with Gasteiger partial charge in [0.05, 0.1) is 33.4 Å². The molecule has 13 rings (SSSR count). The van der Waals surface area contributed by atoms with Gasteiger partial charge in [-0.25, -0.2) is 0 Å². The van der Waals surface area contributed by atoms with Gasteiger partial charge in [0.2, 0.25) is 0 Å². The lowest BCUT2D eigenvalue weighted by Gasteiger charge is -2.45. The average molecular weight is 1060 g/mol. The van der Waals surface area contributed by atoms with Crippen LogP contribution < -0.4 is 26.2 Å². The van der Waals surface area contributed by atoms with Crippen molar-refractivity contribution in [2.75, 3.05) is 9.80 Å². The lowest BCUT2D eigenvalue weighted by Crippen LogP contribution is -2.61. The van der Waals surface area contributed by atoms with Crippen LogP contribution in [0.4, 0.5) is 34.1 Å². The van der Waals surface area contributed by atoms with Crippen molar-refractivity contribution in [3.63, 3.8) is 0 Å². The fourth-order valence-corrected chi connectivity index (χ4v) is 14.2. The SMILES string of the molecule is Cc1cc(C)c(N2c3cc(-n4c5ccc(C(C)(C)C)cc5c5cc(C(C)(C)C)ccc54)ccc3B3c4ccc(-n5c6ccc(C(C)(C)C)cc6c6cc(C(C)(C)C)ccc65)cc4N(c4c(C)cc(C)cc4C)c4cccc2c43)c(C)c1. The van der Waals surface area contributed by atoms with E-state index in [1.165, 1.54) is 150 Å². The smallest absolute Gasteiger partial charge is 0.252 e. The second-order valence-corrected chi connectivity index (χ2v) is 28.4. The summed E-state index contributed by atoms with van der Waals surface area (Å²) in [6.45, 7) is 41.5. The topological polar surface area (TPSA) is 16.3 Å². The van der Waals surface area contributed by atoms with Crippen LogP contribution in [0.2, 0.25) is 0 Å². The molecule has 0 unspecified atom stereocenters. The van der Waals surface area contributed by atoms with Crippen LogP contribution in [0.25, 0.3) is 55.0 Å². The number of rotatable bonds is 4. The zero-order valence-corrected chi connectivity index (χ0v) is 51.3. The number of nitrogens with zero attached hydrogens (tertiary/aromatic N) is 4. The molecule has 0 saturated heterocycles. The van der Waals surface area contributed by atoms with Crippen LogP contribution in [0.3, 0.4) is 0 Å². The molecule has 0 atom stereocenters. The van der Waals surface area contributed by atoms with Crippen LogP contribution in [0.1, 0.15) is 139 Å². The van der Waals surface area contributed by atoms with Crippen LogP contribution in [0.5, 0.6) is 0 Å². The molecule has 81 heavy (non-hydrogen) atoms. The summed E-state index contributed by atoms with van der Waals surface area (Å²) in [6, 6.07) is 60.2. The Bertz CT molecular complexity index is 4000. The third-order valence-electron chi connectivity index (χ3n) is 18.2. The van der Waals surface area contributed by atoms with Crippen LogP contribution in [-0.4, -0.2) is 15.8 Å². The number of aryl methyl sites for hydroxylation is 6. The molecule has 0 spiro atoms. The normalized spacial score (nSPS) is 13.7. The molecule has 4 nitrogen and oxygen atoms in total. The lowest BCUT2D eigenvalue weighted by atomic mass is 9.33. The van der Waals surface area contributed by atoms with E-state index < -0.39 is 0 Å². The lowest BCUT2D eigenvalue weighted by molar-refractivity contribution is 0.590. The Balaban J connectivity index is 1.11. The molecule has 0 radical (unpaired) electrons. The largest absolute Gasteiger partial charge is 0.311 e. The number of hydrogen-bond donors (Lipinski definition) is 0. The number of benzene rings is 9. The monoisotopic (exact) mass is 1060 g/mol. The van der Waals surface area contributed by atoms with Gasteiger partial charge < -0.3 is 18.9 Å². The van der Waals surface area contributed by atoms with Crippen molar-refractivity contribution in [3.8, 4) is 11.4 Å². The molecule has 0 aliphatic carbocycles. The van der Waals surface area contributed by atoms with Gasteiger partial charge in [-0.1, -0.05) is 161 Å². The minimum Gasteiger partial charge on any atom is -0.311 e. The maximum Gasteiger partial charge on any atom is 0.252 e. The van der Waals surface area contributed by atoms with E-state index in [9.17, 15) is 0 Å². The summed E-state index contributed by atoms with van der Waals surface area (Å²) in [4.78, 5) is 5.26. The summed E-state index contributed by atoms with van der Waals surface area (Å²) in [7, 11) is 0. The quantitative estimate of drug-likeness (QED) is 0.163. The maximum absolute atomic E-state index is 2.63. The molecule has 9 aromatic carbocycles. The highest BCUT2D eigenvalue weighted by Crippen LogP contribution is 2.49. The molecule has 2 aromatic heterocycles. The van der Waals surface area contributed by atoms with Gasteiger partial charge in [0, 0.05) is 55.7 Å². The molecule has 5 heteroatoms. The van der Waals surface area contributed by atoms with Gasteiger partial charge in [-0.15, -0.1) is 0 Å². The summed E-state index contributed by atoms with van der Waals surface area (Å²) in [5.74, 6) is 0. The zero-order chi connectivity index (χ0) is 57.3.